The summed E-state index contributed by atoms with van der Waals surface area (Å²) in [5.74, 6) is 0. The average Bonchev–Trinajstić information content (AvgIpc) is 2.72. The topological polar surface area (TPSA) is 48.1 Å². The lowest BCUT2D eigenvalue weighted by molar-refractivity contribution is -0.143. The number of anilines is 2. The molecular weight excluding hydrogens is 522 g/mol. The van der Waals surface area contributed by atoms with Gasteiger partial charge in [0.25, 0.3) is 0 Å². The van der Waals surface area contributed by atoms with Crippen LogP contribution in [-0.2, 0) is 12.4 Å². The molecular formula is C24H26F6N4S2. The minimum atomic E-state index is -4.94. The smallest absolute Gasteiger partial charge is 0.358 e. The first-order valence-electron chi connectivity index (χ1n) is 11.2. The molecule has 0 bridgehead atoms. The van der Waals surface area contributed by atoms with E-state index in [-0.39, 0.29) is 23.3 Å². The van der Waals surface area contributed by atoms with Crippen molar-refractivity contribution >= 4 is 46.0 Å². The standard InChI is InChI=1S/C24H26F6N4S2/c1-13-7-14(2)9-17(8-13)31-21(35)33-19-5-3-4-6-20(19)34-22(36)32-18-11-15(23(25,26)27)10-16(12-18)24(28,29)30/h7-12,19-20H,3-6H2,1-2H3,(H2,31,33,35)(H2,32,34,36)/t19-,20+/m0/s1. The van der Waals surface area contributed by atoms with E-state index in [1.165, 1.54) is 0 Å². The van der Waals surface area contributed by atoms with E-state index in [2.05, 4.69) is 21.3 Å². The third-order valence-corrected chi connectivity index (χ3v) is 6.16. The van der Waals surface area contributed by atoms with Crippen molar-refractivity contribution in [2.75, 3.05) is 10.6 Å². The SMILES string of the molecule is Cc1cc(C)cc(NC(=S)N[C@H]2CCCC[C@H]2NC(=S)Nc2cc(C(F)(F)F)cc(C(F)(F)F)c2)c1. The van der Waals surface area contributed by atoms with Crippen LogP contribution >= 0.6 is 24.4 Å². The molecule has 2 aromatic carbocycles. The summed E-state index contributed by atoms with van der Waals surface area (Å²) >= 11 is 10.7. The van der Waals surface area contributed by atoms with Crippen molar-refractivity contribution in [1.29, 1.82) is 0 Å². The number of benzene rings is 2. The summed E-state index contributed by atoms with van der Waals surface area (Å²) in [6.07, 6.45) is -6.60. The summed E-state index contributed by atoms with van der Waals surface area (Å²) in [6, 6.07) is 6.86. The third kappa shape index (κ3) is 7.95. The van der Waals surface area contributed by atoms with Crippen molar-refractivity contribution in [3.05, 3.63) is 58.7 Å². The van der Waals surface area contributed by atoms with Crippen LogP contribution in [0.25, 0.3) is 0 Å². The zero-order valence-electron chi connectivity index (χ0n) is 19.5. The number of hydrogen-bond acceptors (Lipinski definition) is 2. The van der Waals surface area contributed by atoms with E-state index in [1.54, 1.807) is 0 Å². The second kappa shape index (κ2) is 11.2. The molecule has 4 nitrogen and oxygen atoms in total. The van der Waals surface area contributed by atoms with Gasteiger partial charge in [0.1, 0.15) is 0 Å². The quantitative estimate of drug-likeness (QED) is 0.246. The highest BCUT2D eigenvalue weighted by Gasteiger charge is 2.37. The first kappa shape index (κ1) is 28.0. The second-order valence-electron chi connectivity index (χ2n) is 8.87. The summed E-state index contributed by atoms with van der Waals surface area (Å²) < 4.78 is 78.9. The summed E-state index contributed by atoms with van der Waals surface area (Å²) in [6.45, 7) is 3.96. The molecule has 196 valence electrons. The average molecular weight is 549 g/mol. The molecule has 2 aromatic rings. The monoisotopic (exact) mass is 548 g/mol. The number of halogens is 6. The van der Waals surface area contributed by atoms with Crippen LogP contribution in [0.4, 0.5) is 37.7 Å². The first-order valence-corrected chi connectivity index (χ1v) is 12.0. The number of nitrogens with one attached hydrogen (secondary N) is 4. The van der Waals surface area contributed by atoms with E-state index in [1.807, 2.05) is 32.0 Å². The summed E-state index contributed by atoms with van der Waals surface area (Å²) in [4.78, 5) is 0. The highest BCUT2D eigenvalue weighted by atomic mass is 32.1. The van der Waals surface area contributed by atoms with E-state index < -0.39 is 29.2 Å². The largest absolute Gasteiger partial charge is 0.416 e. The molecule has 0 saturated heterocycles. The molecule has 0 heterocycles. The Bertz CT molecular complexity index is 1060. The lowest BCUT2D eigenvalue weighted by atomic mass is 9.90. The first-order chi connectivity index (χ1) is 16.7. The molecule has 0 spiro atoms. The van der Waals surface area contributed by atoms with Gasteiger partial charge in [0.15, 0.2) is 10.2 Å². The lowest BCUT2D eigenvalue weighted by Crippen LogP contribution is -2.54. The normalized spacial score (nSPS) is 18.3. The molecule has 0 amide bonds. The molecule has 4 N–H and O–H groups in total. The van der Waals surface area contributed by atoms with Crippen molar-refractivity contribution in [2.45, 2.75) is 64.0 Å². The number of hydrogen-bond donors (Lipinski definition) is 4. The molecule has 0 unspecified atom stereocenters. The van der Waals surface area contributed by atoms with Crippen molar-refractivity contribution < 1.29 is 26.3 Å². The van der Waals surface area contributed by atoms with Gasteiger partial charge in [0, 0.05) is 23.5 Å². The summed E-state index contributed by atoms with van der Waals surface area (Å²) in [7, 11) is 0. The van der Waals surface area contributed by atoms with Gasteiger partial charge in [-0.25, -0.2) is 0 Å². The minimum Gasteiger partial charge on any atom is -0.358 e. The fraction of sp³-hybridized carbons (Fsp3) is 0.417. The van der Waals surface area contributed by atoms with Crippen molar-refractivity contribution in [3.8, 4) is 0 Å². The van der Waals surface area contributed by atoms with Gasteiger partial charge < -0.3 is 21.3 Å². The maximum absolute atomic E-state index is 13.1. The molecule has 0 aromatic heterocycles. The van der Waals surface area contributed by atoms with E-state index in [0.717, 1.165) is 36.1 Å². The maximum Gasteiger partial charge on any atom is 0.416 e. The summed E-state index contributed by atoms with van der Waals surface area (Å²) in [5, 5.41) is 12.3. The Hall–Kier alpha value is -2.60. The van der Waals surface area contributed by atoms with E-state index in [4.69, 9.17) is 24.4 Å². The number of alkyl halides is 6. The molecule has 0 aliphatic heterocycles. The van der Waals surface area contributed by atoms with Gasteiger partial charge in [0.05, 0.1) is 11.1 Å². The Morgan fingerprint density at radius 1 is 0.667 bits per heavy atom. The van der Waals surface area contributed by atoms with E-state index >= 15 is 0 Å². The van der Waals surface area contributed by atoms with Crippen LogP contribution in [0.1, 0.15) is 47.9 Å². The minimum absolute atomic E-state index is 0.0747. The van der Waals surface area contributed by atoms with Crippen molar-refractivity contribution in [2.24, 2.45) is 0 Å². The maximum atomic E-state index is 13.1. The van der Waals surface area contributed by atoms with Crippen LogP contribution in [-0.4, -0.2) is 22.3 Å². The van der Waals surface area contributed by atoms with Crippen molar-refractivity contribution in [1.82, 2.24) is 10.6 Å². The van der Waals surface area contributed by atoms with Crippen LogP contribution in [0.3, 0.4) is 0 Å². The van der Waals surface area contributed by atoms with Gasteiger partial charge in [-0.1, -0.05) is 18.9 Å². The predicted molar refractivity (Wildman–Crippen MR) is 137 cm³/mol. The zero-order chi connectivity index (χ0) is 26.7. The second-order valence-corrected chi connectivity index (χ2v) is 9.68. The van der Waals surface area contributed by atoms with Crippen LogP contribution in [0.5, 0.6) is 0 Å². The third-order valence-electron chi connectivity index (χ3n) is 5.72. The number of thiocarbonyl (C=S) groups is 2. The Balaban J connectivity index is 1.68. The molecule has 0 radical (unpaired) electrons. The van der Waals surface area contributed by atoms with Crippen LogP contribution in [0, 0.1) is 13.8 Å². The lowest BCUT2D eigenvalue weighted by Gasteiger charge is -2.34. The van der Waals surface area contributed by atoms with Gasteiger partial charge in [-0.05, 0) is 92.6 Å². The van der Waals surface area contributed by atoms with Crippen LogP contribution in [0.15, 0.2) is 36.4 Å². The Morgan fingerprint density at radius 3 is 1.44 bits per heavy atom. The van der Waals surface area contributed by atoms with E-state index in [0.29, 0.717) is 23.7 Å². The Morgan fingerprint density at radius 2 is 1.06 bits per heavy atom. The number of rotatable bonds is 4. The molecule has 36 heavy (non-hydrogen) atoms. The molecule has 1 aliphatic rings. The van der Waals surface area contributed by atoms with E-state index in [9.17, 15) is 26.3 Å². The van der Waals surface area contributed by atoms with Gasteiger partial charge in [-0.3, -0.25) is 0 Å². The fourth-order valence-electron chi connectivity index (χ4n) is 4.22. The van der Waals surface area contributed by atoms with Gasteiger partial charge in [0.2, 0.25) is 0 Å². The van der Waals surface area contributed by atoms with Crippen molar-refractivity contribution in [3.63, 3.8) is 0 Å². The Labute approximate surface area is 216 Å². The molecule has 1 saturated carbocycles. The molecule has 1 fully saturated rings. The van der Waals surface area contributed by atoms with Gasteiger partial charge in [-0.15, -0.1) is 0 Å². The van der Waals surface area contributed by atoms with Gasteiger partial charge >= 0.3 is 12.4 Å². The molecule has 12 heteroatoms. The molecule has 3 rings (SSSR count). The zero-order valence-corrected chi connectivity index (χ0v) is 21.2. The number of aryl methyl sites for hydroxylation is 2. The van der Waals surface area contributed by atoms with Gasteiger partial charge in [-0.2, -0.15) is 26.3 Å². The van der Waals surface area contributed by atoms with Crippen LogP contribution < -0.4 is 21.3 Å². The molecule has 2 atom stereocenters. The highest BCUT2D eigenvalue weighted by molar-refractivity contribution is 7.80. The summed E-state index contributed by atoms with van der Waals surface area (Å²) in [5.41, 5.74) is -0.228. The Kier molecular flexibility index (Phi) is 8.71. The molecule has 1 aliphatic carbocycles. The fourth-order valence-corrected chi connectivity index (χ4v) is 4.76. The highest BCUT2D eigenvalue weighted by Crippen LogP contribution is 2.37. The predicted octanol–water partition coefficient (Wildman–Crippen LogP) is 6.93. The van der Waals surface area contributed by atoms with Crippen LogP contribution in [0.2, 0.25) is 0 Å².